The van der Waals surface area contributed by atoms with E-state index in [9.17, 15) is 0 Å². The van der Waals surface area contributed by atoms with E-state index in [1.54, 1.807) is 0 Å². The van der Waals surface area contributed by atoms with Gasteiger partial charge in [0.15, 0.2) is 0 Å². The molecule has 12 heavy (non-hydrogen) atoms. The molecule has 0 aliphatic carbocycles. The van der Waals surface area contributed by atoms with Gasteiger partial charge >= 0.3 is 0 Å². The lowest BCUT2D eigenvalue weighted by Gasteiger charge is -2.31. The Morgan fingerprint density at radius 3 is 3.17 bits per heavy atom. The monoisotopic (exact) mass is 165 g/mol. The smallest absolute Gasteiger partial charge is 0.105 e. The predicted molar refractivity (Wildman–Crippen MR) is 50.2 cm³/mol. The molecule has 0 aromatic carbocycles. The molecule has 3 heteroatoms. The van der Waals surface area contributed by atoms with Crippen LogP contribution in [0.1, 0.15) is 12.8 Å². The minimum Gasteiger partial charge on any atom is -0.357 e. The highest BCUT2D eigenvalue weighted by atomic mass is 15.2. The lowest BCUT2D eigenvalue weighted by Crippen LogP contribution is -2.42. The highest BCUT2D eigenvalue weighted by Crippen LogP contribution is 2.16. The fourth-order valence-electron chi connectivity index (χ4n) is 1.75. The zero-order valence-electron chi connectivity index (χ0n) is 7.16. The lowest BCUT2D eigenvalue weighted by atomic mass is 10.1. The number of piperidine rings is 1. The first-order valence-electron chi connectivity index (χ1n) is 4.50. The number of nitrogens with zero attached hydrogens (tertiary/aromatic N) is 1. The van der Waals surface area contributed by atoms with E-state index in [0.717, 1.165) is 19.5 Å². The third-order valence-corrected chi connectivity index (χ3v) is 2.38. The maximum atomic E-state index is 5.88. The summed E-state index contributed by atoms with van der Waals surface area (Å²) in [5, 5.41) is 0. The Bertz CT molecular complexity index is 230. The average molecular weight is 165 g/mol. The second-order valence-corrected chi connectivity index (χ2v) is 3.40. The second kappa shape index (κ2) is 3.19. The number of nitrogens with two attached hydrogens (primary N) is 1. The molecule has 2 heterocycles. The fraction of sp³-hybridized carbons (Fsp3) is 0.556. The average Bonchev–Trinajstić information content (AvgIpc) is 2.56. The van der Waals surface area contributed by atoms with Crippen molar-refractivity contribution in [2.75, 3.05) is 18.0 Å². The van der Waals surface area contributed by atoms with Crippen molar-refractivity contribution >= 4 is 5.82 Å². The number of rotatable bonds is 1. The molecule has 1 aliphatic heterocycles. The van der Waals surface area contributed by atoms with Crippen molar-refractivity contribution in [1.82, 2.24) is 4.98 Å². The van der Waals surface area contributed by atoms with E-state index in [1.807, 2.05) is 12.3 Å². The Hall–Kier alpha value is -0.960. The second-order valence-electron chi connectivity index (χ2n) is 3.40. The van der Waals surface area contributed by atoms with Crippen molar-refractivity contribution in [2.24, 2.45) is 5.73 Å². The lowest BCUT2D eigenvalue weighted by molar-refractivity contribution is 0.504. The van der Waals surface area contributed by atoms with Gasteiger partial charge in [0.2, 0.25) is 0 Å². The zero-order valence-corrected chi connectivity index (χ0v) is 7.16. The number of aromatic nitrogens is 1. The summed E-state index contributed by atoms with van der Waals surface area (Å²) in [5.74, 6) is 1.20. The number of hydrogen-bond acceptors (Lipinski definition) is 2. The Morgan fingerprint density at radius 2 is 2.50 bits per heavy atom. The predicted octanol–water partition coefficient (Wildman–Crippen LogP) is 0.942. The molecule has 1 aromatic heterocycles. The zero-order chi connectivity index (χ0) is 8.39. The minimum atomic E-state index is 0.349. The topological polar surface area (TPSA) is 45.0 Å². The molecular formula is C9H15N3. The summed E-state index contributed by atoms with van der Waals surface area (Å²) in [6, 6.07) is 4.47. The maximum absolute atomic E-state index is 5.88. The first-order valence-corrected chi connectivity index (χ1v) is 4.50. The van der Waals surface area contributed by atoms with Gasteiger partial charge in [0.05, 0.1) is 0 Å². The van der Waals surface area contributed by atoms with E-state index in [-0.39, 0.29) is 0 Å². The molecule has 0 radical (unpaired) electrons. The van der Waals surface area contributed by atoms with Crippen LogP contribution in [0.5, 0.6) is 0 Å². The molecular weight excluding hydrogens is 150 g/mol. The van der Waals surface area contributed by atoms with Crippen LogP contribution in [0.2, 0.25) is 0 Å². The van der Waals surface area contributed by atoms with Crippen LogP contribution in [0.3, 0.4) is 0 Å². The van der Waals surface area contributed by atoms with E-state index in [0.29, 0.717) is 6.04 Å². The quantitative estimate of drug-likeness (QED) is 0.650. The molecule has 3 N–H and O–H groups in total. The van der Waals surface area contributed by atoms with Crippen LogP contribution < -0.4 is 10.6 Å². The molecule has 1 aliphatic rings. The summed E-state index contributed by atoms with van der Waals surface area (Å²) in [5.41, 5.74) is 5.88. The molecule has 1 atom stereocenters. The summed E-state index contributed by atoms with van der Waals surface area (Å²) in [7, 11) is 0. The van der Waals surface area contributed by atoms with Crippen molar-refractivity contribution in [3.8, 4) is 0 Å². The van der Waals surface area contributed by atoms with Gasteiger partial charge in [0.1, 0.15) is 5.82 Å². The van der Waals surface area contributed by atoms with Crippen LogP contribution in [0, 0.1) is 0 Å². The van der Waals surface area contributed by atoms with E-state index >= 15 is 0 Å². The standard InChI is InChI=1S/C9H15N3/c10-8-3-2-6-12(7-8)9-4-1-5-11-9/h1,4-5,8,11H,2-3,6-7,10H2. The van der Waals surface area contributed by atoms with Crippen LogP contribution in [0.4, 0.5) is 5.82 Å². The largest absolute Gasteiger partial charge is 0.357 e. The maximum Gasteiger partial charge on any atom is 0.105 e. The van der Waals surface area contributed by atoms with Gasteiger partial charge in [0.25, 0.3) is 0 Å². The van der Waals surface area contributed by atoms with Gasteiger partial charge in [-0.3, -0.25) is 0 Å². The normalized spacial score (nSPS) is 24.4. The first-order chi connectivity index (χ1) is 5.86. The first kappa shape index (κ1) is 7.68. The summed E-state index contributed by atoms with van der Waals surface area (Å²) < 4.78 is 0. The molecule has 66 valence electrons. The Labute approximate surface area is 72.6 Å². The molecule has 0 amide bonds. The molecule has 0 spiro atoms. The van der Waals surface area contributed by atoms with E-state index in [4.69, 9.17) is 5.73 Å². The molecule has 1 unspecified atom stereocenters. The van der Waals surface area contributed by atoms with Gasteiger partial charge in [-0.15, -0.1) is 0 Å². The Morgan fingerprint density at radius 1 is 1.58 bits per heavy atom. The van der Waals surface area contributed by atoms with Crippen LogP contribution >= 0.6 is 0 Å². The molecule has 1 fully saturated rings. The van der Waals surface area contributed by atoms with E-state index in [2.05, 4.69) is 16.0 Å². The molecule has 0 saturated carbocycles. The van der Waals surface area contributed by atoms with Crippen molar-refractivity contribution in [2.45, 2.75) is 18.9 Å². The number of anilines is 1. The van der Waals surface area contributed by atoms with Gasteiger partial charge in [0, 0.05) is 25.3 Å². The number of hydrogen-bond donors (Lipinski definition) is 2. The molecule has 1 aromatic rings. The van der Waals surface area contributed by atoms with Gasteiger partial charge in [-0.2, -0.15) is 0 Å². The number of nitrogens with one attached hydrogen (secondary N) is 1. The summed E-state index contributed by atoms with van der Waals surface area (Å²) in [6.07, 6.45) is 4.33. The van der Waals surface area contributed by atoms with Crippen molar-refractivity contribution in [1.29, 1.82) is 0 Å². The van der Waals surface area contributed by atoms with Crippen molar-refractivity contribution in [3.63, 3.8) is 0 Å². The van der Waals surface area contributed by atoms with Gasteiger partial charge < -0.3 is 15.6 Å². The number of aromatic amines is 1. The highest BCUT2D eigenvalue weighted by Gasteiger charge is 2.16. The van der Waals surface area contributed by atoms with Crippen LogP contribution in [0.25, 0.3) is 0 Å². The van der Waals surface area contributed by atoms with Gasteiger partial charge in [-0.25, -0.2) is 0 Å². The van der Waals surface area contributed by atoms with E-state index < -0.39 is 0 Å². The molecule has 3 nitrogen and oxygen atoms in total. The molecule has 1 saturated heterocycles. The van der Waals surface area contributed by atoms with Crippen LogP contribution in [-0.2, 0) is 0 Å². The van der Waals surface area contributed by atoms with Crippen LogP contribution in [0.15, 0.2) is 18.3 Å². The SMILES string of the molecule is NC1CCCN(c2ccc[nH]2)C1. The fourth-order valence-corrected chi connectivity index (χ4v) is 1.75. The van der Waals surface area contributed by atoms with Crippen LogP contribution in [-0.4, -0.2) is 24.1 Å². The van der Waals surface area contributed by atoms with E-state index in [1.165, 1.54) is 12.2 Å². The number of H-pyrrole nitrogens is 1. The minimum absolute atomic E-state index is 0.349. The van der Waals surface area contributed by atoms with Crippen molar-refractivity contribution < 1.29 is 0 Å². The third kappa shape index (κ3) is 1.46. The summed E-state index contributed by atoms with van der Waals surface area (Å²) in [4.78, 5) is 5.51. The Kier molecular flexibility index (Phi) is 2.04. The highest BCUT2D eigenvalue weighted by molar-refractivity contribution is 5.39. The van der Waals surface area contributed by atoms with Gasteiger partial charge in [-0.1, -0.05) is 0 Å². The van der Waals surface area contributed by atoms with Crippen molar-refractivity contribution in [3.05, 3.63) is 18.3 Å². The summed E-state index contributed by atoms with van der Waals surface area (Å²) >= 11 is 0. The Balaban J connectivity index is 2.04. The van der Waals surface area contributed by atoms with Gasteiger partial charge in [-0.05, 0) is 25.0 Å². The molecule has 2 rings (SSSR count). The molecule has 0 bridgehead atoms. The summed E-state index contributed by atoms with van der Waals surface area (Å²) in [6.45, 7) is 2.12. The third-order valence-electron chi connectivity index (χ3n) is 2.38.